The van der Waals surface area contributed by atoms with Crippen LogP contribution in [0.4, 0.5) is 0 Å². The van der Waals surface area contributed by atoms with Crippen LogP contribution in [0.2, 0.25) is 0 Å². The highest BCUT2D eigenvalue weighted by atomic mass is 35.5. The third-order valence-electron chi connectivity index (χ3n) is 5.51. The number of carbonyl (C=O) groups is 1. The first kappa shape index (κ1) is 29.2. The number of halogens is 1. The van der Waals surface area contributed by atoms with Gasteiger partial charge in [-0.25, -0.2) is 0 Å². The number of allylic oxidation sites excluding steroid dienone is 7. The number of methoxy groups -OCH3 is 2. The van der Waals surface area contributed by atoms with Crippen LogP contribution in [0.5, 0.6) is 0 Å². The first-order valence-corrected chi connectivity index (χ1v) is 11.6. The number of oxime groups is 1. The smallest absolute Gasteiger partial charge is 0.133 e. The average molecular weight is 490 g/mol. The summed E-state index contributed by atoms with van der Waals surface area (Å²) in [5.41, 5.74) is 3.41. The number of carbonyl (C=O) groups excluding carboxylic acids is 1. The number of nitrogens with zero attached hydrogens (tertiary/aromatic N) is 1. The Morgan fingerprint density at radius 1 is 1.41 bits per heavy atom. The second kappa shape index (κ2) is 17.6. The highest BCUT2D eigenvalue weighted by molar-refractivity contribution is 6.25. The number of ether oxygens (including phenoxy) is 3. The average Bonchev–Trinajstić information content (AvgIpc) is 2.86. The summed E-state index contributed by atoms with van der Waals surface area (Å²) in [6.07, 6.45) is 19.8. The van der Waals surface area contributed by atoms with Gasteiger partial charge in [-0.15, -0.1) is 5.16 Å². The Labute approximate surface area is 208 Å². The summed E-state index contributed by atoms with van der Waals surface area (Å²) in [5.74, 6) is -0.178. The van der Waals surface area contributed by atoms with Crippen LogP contribution < -0.4 is 0 Å². The van der Waals surface area contributed by atoms with E-state index in [4.69, 9.17) is 31.0 Å². The van der Waals surface area contributed by atoms with E-state index in [0.29, 0.717) is 25.2 Å². The van der Waals surface area contributed by atoms with Crippen molar-refractivity contribution in [2.24, 2.45) is 17.0 Å². The van der Waals surface area contributed by atoms with Crippen LogP contribution >= 0.6 is 11.6 Å². The molecule has 0 radical (unpaired) electrons. The lowest BCUT2D eigenvalue weighted by molar-refractivity contribution is -0.114. The lowest BCUT2D eigenvalue weighted by Crippen LogP contribution is -2.28. The molecule has 0 aromatic heterocycles. The molecule has 0 saturated heterocycles. The molecular formula is C27H36ClNO5. The van der Waals surface area contributed by atoms with Crippen molar-refractivity contribution in [1.82, 2.24) is 0 Å². The Morgan fingerprint density at radius 2 is 2.21 bits per heavy atom. The predicted molar refractivity (Wildman–Crippen MR) is 138 cm³/mol. The van der Waals surface area contributed by atoms with Gasteiger partial charge < -0.3 is 24.2 Å². The maximum Gasteiger partial charge on any atom is 0.133 e. The molecule has 1 aliphatic rings. The largest absolute Gasteiger partial charge is 0.505 e. The molecule has 0 heterocycles. The third-order valence-corrected chi connectivity index (χ3v) is 5.73. The molecule has 1 aliphatic carbocycles. The molecule has 0 amide bonds. The molecule has 1 N–H and O–H groups in total. The molecule has 0 aromatic rings. The van der Waals surface area contributed by atoms with Crippen LogP contribution in [0.3, 0.4) is 0 Å². The molecule has 6 nitrogen and oxygen atoms in total. The number of hydrogen-bond acceptors (Lipinski definition) is 6. The molecule has 0 spiro atoms. The maximum atomic E-state index is 11.9. The summed E-state index contributed by atoms with van der Waals surface area (Å²) in [7, 11) is 3.00. The Kier molecular flexibility index (Phi) is 15.1. The van der Waals surface area contributed by atoms with Crippen molar-refractivity contribution in [2.45, 2.75) is 44.3 Å². The molecule has 0 saturated carbocycles. The summed E-state index contributed by atoms with van der Waals surface area (Å²) in [6.45, 7) is 8.01. The summed E-state index contributed by atoms with van der Waals surface area (Å²) >= 11 is 6.07. The van der Waals surface area contributed by atoms with Crippen molar-refractivity contribution in [3.05, 3.63) is 84.4 Å². The predicted octanol–water partition coefficient (Wildman–Crippen LogP) is 6.26. The summed E-state index contributed by atoms with van der Waals surface area (Å²) in [6, 6.07) is 0. The maximum absolute atomic E-state index is 11.9. The van der Waals surface area contributed by atoms with E-state index >= 15 is 0 Å². The molecule has 0 aromatic carbocycles. The normalized spacial score (nSPS) is 19.2. The van der Waals surface area contributed by atoms with E-state index < -0.39 is 18.1 Å². The summed E-state index contributed by atoms with van der Waals surface area (Å²) < 4.78 is 16.6. The van der Waals surface area contributed by atoms with Gasteiger partial charge in [0.1, 0.15) is 24.1 Å². The van der Waals surface area contributed by atoms with E-state index in [2.05, 4.69) is 42.6 Å². The SMILES string of the molecule is C=C/C=C\C1CC=CC=C1CCC(=C)[C@H](CC/C=N\O)O/C(=C\Cl)C(C=O)C(/C=C/OC)OC. The molecule has 4 atom stereocenters. The van der Waals surface area contributed by atoms with Gasteiger partial charge in [0.2, 0.25) is 0 Å². The molecule has 0 aliphatic heterocycles. The van der Waals surface area contributed by atoms with Crippen molar-refractivity contribution in [3.8, 4) is 0 Å². The van der Waals surface area contributed by atoms with E-state index in [0.717, 1.165) is 24.7 Å². The van der Waals surface area contributed by atoms with Crippen molar-refractivity contribution in [2.75, 3.05) is 14.2 Å². The minimum atomic E-state index is -0.768. The highest BCUT2D eigenvalue weighted by Crippen LogP contribution is 2.30. The van der Waals surface area contributed by atoms with Gasteiger partial charge in [-0.3, -0.25) is 0 Å². The third kappa shape index (κ3) is 9.98. The first-order valence-electron chi connectivity index (χ1n) is 11.2. The minimum Gasteiger partial charge on any atom is -0.505 e. The quantitative estimate of drug-likeness (QED) is 0.0496. The van der Waals surface area contributed by atoms with Gasteiger partial charge in [0, 0.05) is 24.8 Å². The lowest BCUT2D eigenvalue weighted by atomic mass is 9.86. The molecular weight excluding hydrogens is 454 g/mol. The van der Waals surface area contributed by atoms with Gasteiger partial charge in [0.15, 0.2) is 0 Å². The molecule has 34 heavy (non-hydrogen) atoms. The molecule has 3 unspecified atom stereocenters. The first-order chi connectivity index (χ1) is 16.6. The van der Waals surface area contributed by atoms with Crippen LogP contribution in [0, 0.1) is 11.8 Å². The van der Waals surface area contributed by atoms with Gasteiger partial charge in [0.05, 0.1) is 19.5 Å². The zero-order chi connectivity index (χ0) is 25.2. The standard InChI is InChI=1S/C27H36ClNO5/c1-5-6-10-22-11-7-8-12-23(22)15-14-21(2)25(13-9-17-29-31)34-27(19-28)24(20-30)26(33-4)16-18-32-3/h5-8,10,12,16-20,22,24-26,31H,1-2,9,11,13-15H2,3-4H3/b10-6-,18-16+,27-19-,29-17-/t22?,24?,25-,26?/m0/s1. The molecule has 0 bridgehead atoms. The highest BCUT2D eigenvalue weighted by Gasteiger charge is 2.27. The van der Waals surface area contributed by atoms with Crippen LogP contribution in [0.1, 0.15) is 32.1 Å². The second-order valence-corrected chi connectivity index (χ2v) is 7.93. The van der Waals surface area contributed by atoms with E-state index in [1.54, 1.807) is 12.2 Å². The summed E-state index contributed by atoms with van der Waals surface area (Å²) in [5, 5.41) is 11.9. The fourth-order valence-electron chi connectivity index (χ4n) is 3.62. The van der Waals surface area contributed by atoms with Gasteiger partial charge in [-0.1, -0.05) is 66.8 Å². The number of aldehydes is 1. The Balaban J connectivity index is 2.99. The fourth-order valence-corrected chi connectivity index (χ4v) is 3.82. The second-order valence-electron chi connectivity index (χ2n) is 7.71. The number of rotatable bonds is 17. The van der Waals surface area contributed by atoms with E-state index in [1.807, 2.05) is 6.08 Å². The lowest BCUT2D eigenvalue weighted by Gasteiger charge is -2.28. The van der Waals surface area contributed by atoms with Gasteiger partial charge >= 0.3 is 0 Å². The van der Waals surface area contributed by atoms with Crippen molar-refractivity contribution < 1.29 is 24.2 Å². The Bertz CT molecular complexity index is 825. The Hall–Kier alpha value is -2.83. The van der Waals surface area contributed by atoms with Gasteiger partial charge in [-0.05, 0) is 43.8 Å². The van der Waals surface area contributed by atoms with Crippen LogP contribution in [0.25, 0.3) is 0 Å². The zero-order valence-corrected chi connectivity index (χ0v) is 20.8. The van der Waals surface area contributed by atoms with E-state index in [-0.39, 0.29) is 5.76 Å². The van der Waals surface area contributed by atoms with E-state index in [9.17, 15) is 4.79 Å². The topological polar surface area (TPSA) is 77.4 Å². The van der Waals surface area contributed by atoms with Crippen molar-refractivity contribution in [3.63, 3.8) is 0 Å². The number of hydrogen-bond donors (Lipinski definition) is 1. The van der Waals surface area contributed by atoms with Crippen LogP contribution in [-0.2, 0) is 19.0 Å². The molecule has 186 valence electrons. The Morgan fingerprint density at radius 3 is 2.82 bits per heavy atom. The molecule has 1 rings (SSSR count). The summed E-state index contributed by atoms with van der Waals surface area (Å²) in [4.78, 5) is 11.9. The van der Waals surface area contributed by atoms with Gasteiger partial charge in [0.25, 0.3) is 0 Å². The zero-order valence-electron chi connectivity index (χ0n) is 20.0. The van der Waals surface area contributed by atoms with Crippen molar-refractivity contribution in [1.29, 1.82) is 0 Å². The monoisotopic (exact) mass is 489 g/mol. The van der Waals surface area contributed by atoms with Crippen LogP contribution in [0.15, 0.2) is 89.5 Å². The minimum absolute atomic E-state index is 0.267. The van der Waals surface area contributed by atoms with Crippen LogP contribution in [-0.4, -0.2) is 44.1 Å². The fraction of sp³-hybridized carbons (Fsp3) is 0.407. The molecule has 7 heteroatoms. The van der Waals surface area contributed by atoms with Gasteiger partial charge in [-0.2, -0.15) is 0 Å². The van der Waals surface area contributed by atoms with Crippen molar-refractivity contribution >= 4 is 24.1 Å². The molecule has 0 fully saturated rings. The van der Waals surface area contributed by atoms with E-state index in [1.165, 1.54) is 37.8 Å².